The molecule has 0 radical (unpaired) electrons. The lowest BCUT2D eigenvalue weighted by molar-refractivity contribution is -0.140. The van der Waals surface area contributed by atoms with Crippen molar-refractivity contribution in [2.45, 2.75) is 30.2 Å². The molecule has 1 aliphatic rings. The van der Waals surface area contributed by atoms with Crippen LogP contribution in [-0.4, -0.2) is 36.7 Å². The number of carbonyl (C=O) groups excluding carboxylic acids is 1. The highest BCUT2D eigenvalue weighted by Crippen LogP contribution is 2.35. The first-order valence-electron chi connectivity index (χ1n) is 6.19. The van der Waals surface area contributed by atoms with Crippen molar-refractivity contribution >= 4 is 21.7 Å². The van der Waals surface area contributed by atoms with Gasteiger partial charge in [-0.15, -0.1) is 0 Å². The summed E-state index contributed by atoms with van der Waals surface area (Å²) in [6, 6.07) is 5.62. The fourth-order valence-corrected chi connectivity index (χ4v) is 2.73. The van der Waals surface area contributed by atoms with E-state index in [2.05, 4.69) is 5.32 Å². The van der Waals surface area contributed by atoms with Crippen LogP contribution in [0.15, 0.2) is 29.2 Å². The van der Waals surface area contributed by atoms with Gasteiger partial charge in [0.1, 0.15) is 5.54 Å². The van der Waals surface area contributed by atoms with E-state index in [1.807, 2.05) is 0 Å². The van der Waals surface area contributed by atoms with Crippen molar-refractivity contribution in [2.75, 3.05) is 5.75 Å². The molecule has 1 amide bonds. The van der Waals surface area contributed by atoms with Gasteiger partial charge in [0.15, 0.2) is 9.84 Å². The molecular formula is C13H15NO5S. The zero-order valence-electron chi connectivity index (χ0n) is 10.9. The number of nitrogens with one attached hydrogen (secondary N) is 1. The van der Waals surface area contributed by atoms with Crippen LogP contribution in [0.4, 0.5) is 0 Å². The monoisotopic (exact) mass is 297 g/mol. The third-order valence-corrected chi connectivity index (χ3v) is 5.08. The largest absolute Gasteiger partial charge is 0.480 e. The van der Waals surface area contributed by atoms with Crippen LogP contribution in [0.2, 0.25) is 0 Å². The molecule has 6 nitrogen and oxygen atoms in total. The Morgan fingerprint density at radius 1 is 1.35 bits per heavy atom. The lowest BCUT2D eigenvalue weighted by Gasteiger charge is -2.12. The van der Waals surface area contributed by atoms with Gasteiger partial charge in [-0.05, 0) is 31.0 Å². The number of hydrogen-bond acceptors (Lipinski definition) is 4. The number of rotatable bonds is 5. The summed E-state index contributed by atoms with van der Waals surface area (Å²) in [7, 11) is -3.39. The zero-order chi connectivity index (χ0) is 15.0. The third kappa shape index (κ3) is 2.67. The normalized spacial score (nSPS) is 16.4. The molecule has 2 N–H and O–H groups in total. The van der Waals surface area contributed by atoms with Crippen molar-refractivity contribution in [3.05, 3.63) is 29.8 Å². The number of amides is 1. The zero-order valence-corrected chi connectivity index (χ0v) is 11.7. The third-order valence-electron chi connectivity index (χ3n) is 3.35. The lowest BCUT2D eigenvalue weighted by Crippen LogP contribution is -2.43. The van der Waals surface area contributed by atoms with E-state index in [4.69, 9.17) is 5.11 Å². The van der Waals surface area contributed by atoms with Crippen molar-refractivity contribution in [3.63, 3.8) is 0 Å². The first kappa shape index (κ1) is 14.5. The molecule has 20 heavy (non-hydrogen) atoms. The standard InChI is InChI=1S/C13H15NO5S/c1-2-20(18,19)10-5-3-4-9(8-10)11(15)14-13(6-7-13)12(16)17/h3-5,8H,2,6-7H2,1H3,(H,14,15)(H,16,17). The van der Waals surface area contributed by atoms with Crippen LogP contribution in [0.1, 0.15) is 30.1 Å². The summed E-state index contributed by atoms with van der Waals surface area (Å²) in [5.41, 5.74) is -1.04. The molecule has 1 aromatic carbocycles. The minimum atomic E-state index is -3.39. The molecule has 0 saturated heterocycles. The average molecular weight is 297 g/mol. The van der Waals surface area contributed by atoms with Crippen molar-refractivity contribution < 1.29 is 23.1 Å². The highest BCUT2D eigenvalue weighted by Gasteiger charge is 2.51. The van der Waals surface area contributed by atoms with Crippen LogP contribution >= 0.6 is 0 Å². The lowest BCUT2D eigenvalue weighted by atomic mass is 10.2. The van der Waals surface area contributed by atoms with Crippen molar-refractivity contribution in [3.8, 4) is 0 Å². The second-order valence-electron chi connectivity index (χ2n) is 4.77. The Balaban J connectivity index is 2.24. The molecule has 0 aromatic heterocycles. The second kappa shape index (κ2) is 4.90. The van der Waals surface area contributed by atoms with Crippen LogP contribution in [0.25, 0.3) is 0 Å². The molecule has 1 aromatic rings. The predicted molar refractivity (Wildman–Crippen MR) is 71.2 cm³/mol. The van der Waals surface area contributed by atoms with Crippen LogP contribution < -0.4 is 5.32 Å². The maximum Gasteiger partial charge on any atom is 0.329 e. The van der Waals surface area contributed by atoms with Crippen LogP contribution in [0.5, 0.6) is 0 Å². The molecule has 1 saturated carbocycles. The second-order valence-corrected chi connectivity index (χ2v) is 7.05. The first-order valence-corrected chi connectivity index (χ1v) is 7.85. The van der Waals surface area contributed by atoms with Crippen LogP contribution in [-0.2, 0) is 14.6 Å². The number of benzene rings is 1. The fourth-order valence-electron chi connectivity index (χ4n) is 1.80. The highest BCUT2D eigenvalue weighted by molar-refractivity contribution is 7.91. The summed E-state index contributed by atoms with van der Waals surface area (Å²) in [4.78, 5) is 23.1. The Morgan fingerprint density at radius 2 is 2.00 bits per heavy atom. The van der Waals surface area contributed by atoms with Gasteiger partial charge in [0.2, 0.25) is 0 Å². The molecular weight excluding hydrogens is 282 g/mol. The summed E-state index contributed by atoms with van der Waals surface area (Å²) in [6.45, 7) is 1.52. The summed E-state index contributed by atoms with van der Waals surface area (Å²) < 4.78 is 23.5. The van der Waals surface area contributed by atoms with E-state index < -0.39 is 27.3 Å². The van der Waals surface area contributed by atoms with Crippen LogP contribution in [0, 0.1) is 0 Å². The minimum Gasteiger partial charge on any atom is -0.480 e. The maximum atomic E-state index is 12.0. The van der Waals surface area contributed by atoms with Gasteiger partial charge in [-0.2, -0.15) is 0 Å². The smallest absolute Gasteiger partial charge is 0.329 e. The van der Waals surface area contributed by atoms with E-state index in [1.165, 1.54) is 31.2 Å². The van der Waals surface area contributed by atoms with E-state index >= 15 is 0 Å². The van der Waals surface area contributed by atoms with E-state index in [0.717, 1.165) is 0 Å². The minimum absolute atomic E-state index is 0.0584. The molecule has 1 aliphatic carbocycles. The number of carboxylic acid groups (broad SMARTS) is 1. The van der Waals surface area contributed by atoms with E-state index in [0.29, 0.717) is 12.8 Å². The molecule has 0 aliphatic heterocycles. The topological polar surface area (TPSA) is 101 Å². The van der Waals surface area contributed by atoms with E-state index in [9.17, 15) is 18.0 Å². The summed E-state index contributed by atoms with van der Waals surface area (Å²) in [5, 5.41) is 11.5. The van der Waals surface area contributed by atoms with Gasteiger partial charge in [-0.25, -0.2) is 13.2 Å². The number of hydrogen-bond donors (Lipinski definition) is 2. The molecule has 0 bridgehead atoms. The highest BCUT2D eigenvalue weighted by atomic mass is 32.2. The van der Waals surface area contributed by atoms with Gasteiger partial charge in [-0.3, -0.25) is 4.79 Å². The van der Waals surface area contributed by atoms with Gasteiger partial charge in [0.05, 0.1) is 10.6 Å². The number of carbonyl (C=O) groups is 2. The Kier molecular flexibility index (Phi) is 3.56. The quantitative estimate of drug-likeness (QED) is 0.838. The van der Waals surface area contributed by atoms with Gasteiger partial charge in [0.25, 0.3) is 5.91 Å². The fraction of sp³-hybridized carbons (Fsp3) is 0.385. The Labute approximate surface area is 116 Å². The Bertz CT molecular complexity index is 661. The van der Waals surface area contributed by atoms with Crippen molar-refractivity contribution in [2.24, 2.45) is 0 Å². The molecule has 7 heteroatoms. The van der Waals surface area contributed by atoms with E-state index in [-0.39, 0.29) is 16.2 Å². The van der Waals surface area contributed by atoms with Crippen molar-refractivity contribution in [1.29, 1.82) is 0 Å². The summed E-state index contributed by atoms with van der Waals surface area (Å²) in [5.74, 6) is -1.70. The molecule has 0 atom stereocenters. The maximum absolute atomic E-state index is 12.0. The summed E-state index contributed by atoms with van der Waals surface area (Å²) in [6.07, 6.45) is 0.780. The first-order chi connectivity index (χ1) is 9.31. The number of sulfone groups is 1. The Morgan fingerprint density at radius 3 is 2.50 bits per heavy atom. The van der Waals surface area contributed by atoms with Gasteiger partial charge < -0.3 is 10.4 Å². The summed E-state index contributed by atoms with van der Waals surface area (Å²) >= 11 is 0. The molecule has 0 spiro atoms. The van der Waals surface area contributed by atoms with Gasteiger partial charge in [-0.1, -0.05) is 13.0 Å². The SMILES string of the molecule is CCS(=O)(=O)c1cccc(C(=O)NC2(C(=O)O)CC2)c1. The molecule has 2 rings (SSSR count). The van der Waals surface area contributed by atoms with Gasteiger partial charge in [0, 0.05) is 5.56 Å². The molecule has 1 fully saturated rings. The van der Waals surface area contributed by atoms with E-state index in [1.54, 1.807) is 0 Å². The van der Waals surface area contributed by atoms with Crippen LogP contribution in [0.3, 0.4) is 0 Å². The number of carboxylic acids is 1. The van der Waals surface area contributed by atoms with Crippen molar-refractivity contribution in [1.82, 2.24) is 5.32 Å². The number of aliphatic carboxylic acids is 1. The predicted octanol–water partition coefficient (Wildman–Crippen LogP) is 0.827. The molecule has 108 valence electrons. The molecule has 0 heterocycles. The van der Waals surface area contributed by atoms with Gasteiger partial charge >= 0.3 is 5.97 Å². The average Bonchev–Trinajstić information content (AvgIpc) is 3.20. The Hall–Kier alpha value is -1.89. The molecule has 0 unspecified atom stereocenters.